The van der Waals surface area contributed by atoms with Gasteiger partial charge in [0.1, 0.15) is 5.75 Å². The summed E-state index contributed by atoms with van der Waals surface area (Å²) in [6, 6.07) is 16.3. The van der Waals surface area contributed by atoms with Crippen LogP contribution in [-0.2, 0) is 9.09 Å². The van der Waals surface area contributed by atoms with E-state index in [0.29, 0.717) is 23.9 Å². The number of halogens is 1. The molecule has 1 heterocycles. The van der Waals surface area contributed by atoms with E-state index in [0.717, 1.165) is 12.1 Å². The van der Waals surface area contributed by atoms with E-state index in [1.807, 2.05) is 30.3 Å². The lowest BCUT2D eigenvalue weighted by Crippen LogP contribution is -2.30. The number of rotatable bonds is 3. The van der Waals surface area contributed by atoms with E-state index < -0.39 is 7.75 Å². The summed E-state index contributed by atoms with van der Waals surface area (Å²) in [5, 5.41) is 0.530. The first-order valence-electron chi connectivity index (χ1n) is 6.70. The summed E-state index contributed by atoms with van der Waals surface area (Å²) in [5.74, 6) is 0.439. The molecule has 0 unspecified atom stereocenters. The SMILES string of the molecule is O=[P@]1(Oc2cccc(Cl)c2)OCCCN1c1ccccc1. The molecule has 0 bridgehead atoms. The second-order valence-electron chi connectivity index (χ2n) is 4.66. The van der Waals surface area contributed by atoms with Crippen LogP contribution in [0.15, 0.2) is 54.6 Å². The Kier molecular flexibility index (Phi) is 4.20. The Morgan fingerprint density at radius 2 is 1.95 bits per heavy atom. The summed E-state index contributed by atoms with van der Waals surface area (Å²) >= 11 is 5.94. The summed E-state index contributed by atoms with van der Waals surface area (Å²) < 4.78 is 25.9. The van der Waals surface area contributed by atoms with Crippen LogP contribution in [-0.4, -0.2) is 13.2 Å². The minimum absolute atomic E-state index is 0.418. The Bertz CT molecular complexity index is 665. The van der Waals surface area contributed by atoms with Crippen LogP contribution >= 0.6 is 19.3 Å². The average molecular weight is 324 g/mol. The fraction of sp³-hybridized carbons (Fsp3) is 0.200. The second-order valence-corrected chi connectivity index (χ2v) is 6.96. The van der Waals surface area contributed by atoms with Crippen molar-refractivity contribution >= 4 is 25.0 Å². The van der Waals surface area contributed by atoms with E-state index in [-0.39, 0.29) is 0 Å². The van der Waals surface area contributed by atoms with Crippen LogP contribution in [0.2, 0.25) is 5.02 Å². The molecule has 0 spiro atoms. The molecule has 0 aromatic heterocycles. The van der Waals surface area contributed by atoms with Crippen molar-refractivity contribution in [2.45, 2.75) is 6.42 Å². The third kappa shape index (κ3) is 3.24. The van der Waals surface area contributed by atoms with Crippen LogP contribution < -0.4 is 9.19 Å². The lowest BCUT2D eigenvalue weighted by Gasteiger charge is -2.35. The molecule has 6 heteroatoms. The highest BCUT2D eigenvalue weighted by Gasteiger charge is 2.38. The summed E-state index contributed by atoms with van der Waals surface area (Å²) in [6.45, 7) is 1.04. The Morgan fingerprint density at radius 3 is 2.71 bits per heavy atom. The van der Waals surface area contributed by atoms with Gasteiger partial charge in [-0.25, -0.2) is 4.57 Å². The molecule has 4 nitrogen and oxygen atoms in total. The topological polar surface area (TPSA) is 38.8 Å². The van der Waals surface area contributed by atoms with Gasteiger partial charge in [0.15, 0.2) is 0 Å². The van der Waals surface area contributed by atoms with Crippen molar-refractivity contribution in [3.05, 3.63) is 59.6 Å². The molecule has 2 aromatic carbocycles. The molecular weight excluding hydrogens is 309 g/mol. The number of nitrogens with zero attached hydrogens (tertiary/aromatic N) is 1. The molecule has 0 N–H and O–H groups in total. The average Bonchev–Trinajstić information content (AvgIpc) is 2.48. The van der Waals surface area contributed by atoms with E-state index in [4.69, 9.17) is 20.6 Å². The smallest absolute Gasteiger partial charge is 0.409 e. The van der Waals surface area contributed by atoms with E-state index in [9.17, 15) is 4.57 Å². The Hall–Kier alpha value is -1.48. The van der Waals surface area contributed by atoms with E-state index >= 15 is 0 Å². The third-order valence-corrected chi connectivity index (χ3v) is 5.34. The van der Waals surface area contributed by atoms with Crippen molar-refractivity contribution in [3.63, 3.8) is 0 Å². The number of hydrogen-bond acceptors (Lipinski definition) is 3. The molecule has 3 rings (SSSR count). The van der Waals surface area contributed by atoms with Crippen LogP contribution in [0, 0.1) is 0 Å². The maximum Gasteiger partial charge on any atom is 0.489 e. The molecule has 110 valence electrons. The van der Waals surface area contributed by atoms with Gasteiger partial charge in [-0.3, -0.25) is 9.19 Å². The highest BCUT2D eigenvalue weighted by atomic mass is 35.5. The van der Waals surface area contributed by atoms with Crippen molar-refractivity contribution in [3.8, 4) is 5.75 Å². The fourth-order valence-corrected chi connectivity index (χ4v) is 4.20. The lowest BCUT2D eigenvalue weighted by molar-refractivity contribution is 0.242. The maximum atomic E-state index is 13.1. The van der Waals surface area contributed by atoms with Gasteiger partial charge in [0.2, 0.25) is 0 Å². The number of benzene rings is 2. The molecule has 21 heavy (non-hydrogen) atoms. The van der Waals surface area contributed by atoms with Gasteiger partial charge in [-0.05, 0) is 36.8 Å². The van der Waals surface area contributed by atoms with Crippen molar-refractivity contribution in [1.82, 2.24) is 0 Å². The Balaban J connectivity index is 1.91. The van der Waals surface area contributed by atoms with Gasteiger partial charge in [-0.1, -0.05) is 35.9 Å². The fourth-order valence-electron chi connectivity index (χ4n) is 2.19. The zero-order valence-corrected chi connectivity index (χ0v) is 13.0. The predicted octanol–water partition coefficient (Wildman–Crippen LogP) is 4.75. The quantitative estimate of drug-likeness (QED) is 0.764. The first-order chi connectivity index (χ1) is 10.2. The standard InChI is InChI=1S/C15H15ClNO3P/c16-13-6-4-9-15(12-13)20-21(18)17(10-5-11-19-21)14-7-2-1-3-8-14/h1-4,6-9,12H,5,10-11H2/t21-/m0/s1. The van der Waals surface area contributed by atoms with E-state index in [1.54, 1.807) is 28.9 Å². The molecular formula is C15H15ClNO3P. The largest absolute Gasteiger partial charge is 0.489 e. The van der Waals surface area contributed by atoms with Crippen LogP contribution in [0.1, 0.15) is 6.42 Å². The van der Waals surface area contributed by atoms with Crippen LogP contribution in [0.5, 0.6) is 5.75 Å². The molecule has 0 aliphatic carbocycles. The summed E-state index contributed by atoms with van der Waals surface area (Å²) in [6.07, 6.45) is 0.803. The number of hydrogen-bond donors (Lipinski definition) is 0. The Morgan fingerprint density at radius 1 is 1.14 bits per heavy atom. The second kappa shape index (κ2) is 6.10. The molecule has 2 aromatic rings. The molecule has 1 atom stereocenters. The van der Waals surface area contributed by atoms with Crippen molar-refractivity contribution in [1.29, 1.82) is 0 Å². The monoisotopic (exact) mass is 323 g/mol. The summed E-state index contributed by atoms with van der Waals surface area (Å²) in [7, 11) is -3.41. The van der Waals surface area contributed by atoms with Crippen molar-refractivity contribution < 1.29 is 13.6 Å². The number of para-hydroxylation sites is 1. The van der Waals surface area contributed by atoms with Crippen LogP contribution in [0.25, 0.3) is 0 Å². The zero-order chi connectivity index (χ0) is 14.7. The zero-order valence-electron chi connectivity index (χ0n) is 11.3. The molecule has 1 saturated heterocycles. The summed E-state index contributed by atoms with van der Waals surface area (Å²) in [4.78, 5) is 0. The molecule has 0 amide bonds. The summed E-state index contributed by atoms with van der Waals surface area (Å²) in [5.41, 5.74) is 0.822. The molecule has 0 saturated carbocycles. The van der Waals surface area contributed by atoms with E-state index in [2.05, 4.69) is 0 Å². The first kappa shape index (κ1) is 14.5. The maximum absolute atomic E-state index is 13.1. The van der Waals surface area contributed by atoms with Gasteiger partial charge in [-0.15, -0.1) is 0 Å². The minimum Gasteiger partial charge on any atom is -0.409 e. The third-order valence-electron chi connectivity index (χ3n) is 3.14. The van der Waals surface area contributed by atoms with Gasteiger partial charge in [-0.2, -0.15) is 0 Å². The molecule has 0 radical (unpaired) electrons. The molecule has 1 aliphatic rings. The highest BCUT2D eigenvalue weighted by molar-refractivity contribution is 7.56. The Labute approximate surface area is 128 Å². The lowest BCUT2D eigenvalue weighted by atomic mass is 10.3. The van der Waals surface area contributed by atoms with E-state index in [1.165, 1.54) is 0 Å². The highest BCUT2D eigenvalue weighted by Crippen LogP contribution is 2.55. The number of anilines is 1. The first-order valence-corrected chi connectivity index (χ1v) is 8.57. The van der Waals surface area contributed by atoms with Gasteiger partial charge in [0, 0.05) is 17.3 Å². The van der Waals surface area contributed by atoms with Gasteiger partial charge in [0.25, 0.3) is 0 Å². The van der Waals surface area contributed by atoms with Gasteiger partial charge < -0.3 is 4.52 Å². The minimum atomic E-state index is -3.41. The van der Waals surface area contributed by atoms with Crippen LogP contribution in [0.3, 0.4) is 0 Å². The van der Waals surface area contributed by atoms with Crippen molar-refractivity contribution in [2.75, 3.05) is 17.8 Å². The molecule has 1 fully saturated rings. The van der Waals surface area contributed by atoms with Gasteiger partial charge >= 0.3 is 7.75 Å². The van der Waals surface area contributed by atoms with Crippen molar-refractivity contribution in [2.24, 2.45) is 0 Å². The predicted molar refractivity (Wildman–Crippen MR) is 84.0 cm³/mol. The normalized spacial score (nSPS) is 22.0. The van der Waals surface area contributed by atoms with Crippen LogP contribution in [0.4, 0.5) is 5.69 Å². The molecule has 1 aliphatic heterocycles. The van der Waals surface area contributed by atoms with Gasteiger partial charge in [0.05, 0.1) is 6.61 Å².